The molecule has 3 heteroatoms. The number of hydrogen-bond donors (Lipinski definition) is 1. The van der Waals surface area contributed by atoms with E-state index in [1.165, 1.54) is 19.3 Å². The second-order valence-electron chi connectivity index (χ2n) is 4.95. The van der Waals surface area contributed by atoms with Gasteiger partial charge in [-0.05, 0) is 49.4 Å². The minimum absolute atomic E-state index is 0.271. The highest BCUT2D eigenvalue weighted by atomic mass is 35.5. The van der Waals surface area contributed by atoms with Crippen LogP contribution in [-0.2, 0) is 0 Å². The van der Waals surface area contributed by atoms with Crippen molar-refractivity contribution in [2.24, 2.45) is 5.92 Å². The van der Waals surface area contributed by atoms with Crippen LogP contribution in [-0.4, -0.2) is 6.04 Å². The van der Waals surface area contributed by atoms with Crippen molar-refractivity contribution in [1.82, 2.24) is 5.32 Å². The molecular weight excluding hydrogens is 253 g/mol. The van der Waals surface area contributed by atoms with Crippen molar-refractivity contribution in [2.45, 2.75) is 45.2 Å². The van der Waals surface area contributed by atoms with Crippen molar-refractivity contribution in [3.8, 4) is 0 Å². The lowest BCUT2D eigenvalue weighted by atomic mass is 10.1. The molecule has 1 fully saturated rings. The summed E-state index contributed by atoms with van der Waals surface area (Å²) in [6, 6.07) is 6.59. The van der Waals surface area contributed by atoms with Crippen LogP contribution in [0.4, 0.5) is 0 Å². The summed E-state index contributed by atoms with van der Waals surface area (Å²) in [5.41, 5.74) is 1.10. The lowest BCUT2D eigenvalue weighted by Crippen LogP contribution is -2.22. The van der Waals surface area contributed by atoms with Crippen molar-refractivity contribution in [3.63, 3.8) is 0 Å². The van der Waals surface area contributed by atoms with Crippen molar-refractivity contribution >= 4 is 23.2 Å². The first-order valence-corrected chi connectivity index (χ1v) is 7.08. The summed E-state index contributed by atoms with van der Waals surface area (Å²) in [6.07, 6.45) is 3.90. The fourth-order valence-corrected chi connectivity index (χ4v) is 2.86. The smallest absolute Gasteiger partial charge is 0.0454 e. The standard InChI is InChI=1S/C14H19Cl2N/c1-3-4-10-7-14(10)17-9(2)12-8-11(15)5-6-13(12)16/h5-6,8-10,14,17H,3-4,7H2,1-2H3. The van der Waals surface area contributed by atoms with Gasteiger partial charge in [0, 0.05) is 22.1 Å². The summed E-state index contributed by atoms with van der Waals surface area (Å²) in [6.45, 7) is 4.39. The van der Waals surface area contributed by atoms with Gasteiger partial charge >= 0.3 is 0 Å². The van der Waals surface area contributed by atoms with E-state index in [1.54, 1.807) is 0 Å². The van der Waals surface area contributed by atoms with Crippen molar-refractivity contribution < 1.29 is 0 Å². The number of rotatable bonds is 5. The summed E-state index contributed by atoms with van der Waals surface area (Å²) in [4.78, 5) is 0. The molecule has 1 aliphatic rings. The SMILES string of the molecule is CCCC1CC1NC(C)c1cc(Cl)ccc1Cl. The molecule has 1 aromatic rings. The quantitative estimate of drug-likeness (QED) is 0.809. The molecule has 17 heavy (non-hydrogen) atoms. The first-order chi connectivity index (χ1) is 8.11. The van der Waals surface area contributed by atoms with E-state index in [-0.39, 0.29) is 6.04 Å². The summed E-state index contributed by atoms with van der Waals surface area (Å²) in [5.74, 6) is 0.861. The van der Waals surface area contributed by atoms with Gasteiger partial charge in [-0.2, -0.15) is 0 Å². The molecule has 3 atom stereocenters. The molecule has 2 rings (SSSR count). The lowest BCUT2D eigenvalue weighted by Gasteiger charge is -2.16. The summed E-state index contributed by atoms with van der Waals surface area (Å²) in [5, 5.41) is 5.17. The van der Waals surface area contributed by atoms with Crippen molar-refractivity contribution in [1.29, 1.82) is 0 Å². The van der Waals surface area contributed by atoms with Crippen LogP contribution in [0.3, 0.4) is 0 Å². The molecule has 1 aromatic carbocycles. The van der Waals surface area contributed by atoms with Crippen LogP contribution in [0.5, 0.6) is 0 Å². The van der Waals surface area contributed by atoms with Crippen molar-refractivity contribution in [3.05, 3.63) is 33.8 Å². The Morgan fingerprint density at radius 3 is 2.88 bits per heavy atom. The highest BCUT2D eigenvalue weighted by Gasteiger charge is 2.36. The molecule has 0 amide bonds. The normalized spacial score (nSPS) is 24.7. The van der Waals surface area contributed by atoms with E-state index in [9.17, 15) is 0 Å². The summed E-state index contributed by atoms with van der Waals surface area (Å²) in [7, 11) is 0. The van der Waals surface area contributed by atoms with Crippen LogP contribution < -0.4 is 5.32 Å². The van der Waals surface area contributed by atoms with Gasteiger partial charge in [0.1, 0.15) is 0 Å². The Morgan fingerprint density at radius 1 is 1.41 bits per heavy atom. The Morgan fingerprint density at radius 2 is 2.18 bits per heavy atom. The zero-order chi connectivity index (χ0) is 12.4. The molecule has 0 aromatic heterocycles. The molecule has 94 valence electrons. The van der Waals surface area contributed by atoms with Gasteiger partial charge in [0.25, 0.3) is 0 Å². The monoisotopic (exact) mass is 271 g/mol. The molecule has 1 aliphatic carbocycles. The van der Waals surface area contributed by atoms with E-state index >= 15 is 0 Å². The molecule has 0 saturated heterocycles. The van der Waals surface area contributed by atoms with Crippen LogP contribution in [0.1, 0.15) is 44.7 Å². The van der Waals surface area contributed by atoms with E-state index in [0.29, 0.717) is 6.04 Å². The minimum atomic E-state index is 0.271. The highest BCUT2D eigenvalue weighted by Crippen LogP contribution is 2.37. The molecule has 0 bridgehead atoms. The van der Waals surface area contributed by atoms with Gasteiger partial charge in [0.05, 0.1) is 0 Å². The molecular formula is C14H19Cl2N. The van der Waals surface area contributed by atoms with E-state index in [0.717, 1.165) is 21.5 Å². The van der Waals surface area contributed by atoms with Crippen LogP contribution in [0.2, 0.25) is 10.0 Å². The predicted molar refractivity (Wildman–Crippen MR) is 74.8 cm³/mol. The van der Waals surface area contributed by atoms with Crippen LogP contribution in [0.15, 0.2) is 18.2 Å². The Hall–Kier alpha value is -0.240. The predicted octanol–water partition coefficient (Wildman–Crippen LogP) is 4.83. The lowest BCUT2D eigenvalue weighted by molar-refractivity contribution is 0.530. The maximum absolute atomic E-state index is 6.19. The van der Waals surface area contributed by atoms with Gasteiger partial charge in [-0.3, -0.25) is 0 Å². The Kier molecular flexibility index (Phi) is 4.35. The third kappa shape index (κ3) is 3.37. The fourth-order valence-electron chi connectivity index (χ4n) is 2.40. The largest absolute Gasteiger partial charge is 0.307 e. The first-order valence-electron chi connectivity index (χ1n) is 6.32. The molecule has 0 spiro atoms. The zero-order valence-corrected chi connectivity index (χ0v) is 11.9. The van der Waals surface area contributed by atoms with E-state index < -0.39 is 0 Å². The zero-order valence-electron chi connectivity index (χ0n) is 10.3. The molecule has 1 nitrogen and oxygen atoms in total. The van der Waals surface area contributed by atoms with Gasteiger partial charge in [-0.1, -0.05) is 36.5 Å². The average molecular weight is 272 g/mol. The summed E-state index contributed by atoms with van der Waals surface area (Å²) >= 11 is 12.2. The van der Waals surface area contributed by atoms with Crippen LogP contribution in [0.25, 0.3) is 0 Å². The topological polar surface area (TPSA) is 12.0 Å². The van der Waals surface area contributed by atoms with Crippen molar-refractivity contribution in [2.75, 3.05) is 0 Å². The first kappa shape index (κ1) is 13.2. The Balaban J connectivity index is 1.96. The van der Waals surface area contributed by atoms with Gasteiger partial charge in [0.15, 0.2) is 0 Å². The van der Waals surface area contributed by atoms with Gasteiger partial charge in [-0.15, -0.1) is 0 Å². The maximum atomic E-state index is 6.19. The minimum Gasteiger partial charge on any atom is -0.307 e. The Bertz CT molecular complexity index is 392. The molecule has 3 unspecified atom stereocenters. The Labute approximate surface area is 114 Å². The summed E-state index contributed by atoms with van der Waals surface area (Å²) < 4.78 is 0. The van der Waals surface area contributed by atoms with E-state index in [2.05, 4.69) is 19.2 Å². The molecule has 1 N–H and O–H groups in total. The second kappa shape index (κ2) is 5.60. The molecule has 0 aliphatic heterocycles. The number of hydrogen-bond acceptors (Lipinski definition) is 1. The molecule has 1 saturated carbocycles. The van der Waals surface area contributed by atoms with Gasteiger partial charge in [-0.25, -0.2) is 0 Å². The number of benzene rings is 1. The van der Waals surface area contributed by atoms with Gasteiger partial charge in [0.2, 0.25) is 0 Å². The molecule has 0 radical (unpaired) electrons. The van der Waals surface area contributed by atoms with Gasteiger partial charge < -0.3 is 5.32 Å². The highest BCUT2D eigenvalue weighted by molar-refractivity contribution is 6.33. The van der Waals surface area contributed by atoms with Crippen LogP contribution >= 0.6 is 23.2 Å². The van der Waals surface area contributed by atoms with E-state index in [4.69, 9.17) is 23.2 Å². The number of halogens is 2. The second-order valence-corrected chi connectivity index (χ2v) is 5.79. The third-order valence-electron chi connectivity index (χ3n) is 3.47. The molecule has 0 heterocycles. The van der Waals surface area contributed by atoms with Crippen LogP contribution in [0, 0.1) is 5.92 Å². The number of nitrogens with one attached hydrogen (secondary N) is 1. The fraction of sp³-hybridized carbons (Fsp3) is 0.571. The van der Waals surface area contributed by atoms with E-state index in [1.807, 2.05) is 18.2 Å². The average Bonchev–Trinajstić information content (AvgIpc) is 3.00. The third-order valence-corrected chi connectivity index (χ3v) is 4.05. The maximum Gasteiger partial charge on any atom is 0.0454 e.